The Morgan fingerprint density at radius 2 is 2.05 bits per heavy atom. The van der Waals surface area contributed by atoms with Gasteiger partial charge >= 0.3 is 0 Å². The van der Waals surface area contributed by atoms with Crippen molar-refractivity contribution in [1.29, 1.82) is 0 Å². The number of benzene rings is 1. The van der Waals surface area contributed by atoms with E-state index in [9.17, 15) is 4.79 Å². The van der Waals surface area contributed by atoms with Crippen molar-refractivity contribution in [2.45, 2.75) is 19.4 Å². The molecule has 1 aromatic carbocycles. The van der Waals surface area contributed by atoms with Gasteiger partial charge in [0.1, 0.15) is 5.82 Å². The predicted molar refractivity (Wildman–Crippen MR) is 73.8 cm³/mol. The molecule has 0 fully saturated rings. The molecule has 2 heterocycles. The second kappa shape index (κ2) is 4.63. The molecule has 1 aliphatic heterocycles. The molecule has 1 atom stereocenters. The van der Waals surface area contributed by atoms with Crippen LogP contribution in [0, 0.1) is 0 Å². The van der Waals surface area contributed by atoms with Crippen LogP contribution in [0.15, 0.2) is 36.5 Å². The Balaban J connectivity index is 2.17. The van der Waals surface area contributed by atoms with Crippen molar-refractivity contribution < 1.29 is 4.79 Å². The van der Waals surface area contributed by atoms with Crippen molar-refractivity contribution in [3.63, 3.8) is 0 Å². The lowest BCUT2D eigenvalue weighted by atomic mass is 9.98. The normalized spacial score (nSPS) is 18.3. The summed E-state index contributed by atoms with van der Waals surface area (Å²) in [6.45, 7) is 1.88. The Kier molecular flexibility index (Phi) is 2.95. The number of fused-ring (bicyclic) bond motifs is 1. The number of aromatic nitrogens is 2. The Labute approximate surface area is 116 Å². The number of carbonyl (C=O) groups excluding carboxylic acids is 1. The summed E-state index contributed by atoms with van der Waals surface area (Å²) < 4.78 is 0. The van der Waals surface area contributed by atoms with Crippen LogP contribution in [0.25, 0.3) is 0 Å². The van der Waals surface area contributed by atoms with Gasteiger partial charge in [-0.3, -0.25) is 4.79 Å². The average Bonchev–Trinajstić information content (AvgIpc) is 2.42. The number of ketones is 1. The van der Waals surface area contributed by atoms with E-state index in [0.29, 0.717) is 6.42 Å². The van der Waals surface area contributed by atoms with E-state index in [1.54, 1.807) is 6.20 Å². The molecule has 0 saturated carbocycles. The summed E-state index contributed by atoms with van der Waals surface area (Å²) in [5, 5.41) is 0.196. The van der Waals surface area contributed by atoms with E-state index in [2.05, 4.69) is 9.97 Å². The highest BCUT2D eigenvalue weighted by Gasteiger charge is 2.32. The third-order valence-electron chi connectivity index (χ3n) is 3.29. The SMILES string of the molecule is CC1C(=O)Cc2cnc(Cl)nc2N1c1ccccc1. The maximum absolute atomic E-state index is 12.1. The molecule has 1 aromatic heterocycles. The lowest BCUT2D eigenvalue weighted by molar-refractivity contribution is -0.119. The van der Waals surface area contributed by atoms with Crippen LogP contribution in [0.4, 0.5) is 11.5 Å². The first-order chi connectivity index (χ1) is 9.16. The van der Waals surface area contributed by atoms with Crippen LogP contribution < -0.4 is 4.90 Å². The minimum absolute atomic E-state index is 0.155. The third kappa shape index (κ3) is 2.08. The largest absolute Gasteiger partial charge is 0.316 e. The van der Waals surface area contributed by atoms with Crippen molar-refractivity contribution in [1.82, 2.24) is 9.97 Å². The molecule has 0 N–H and O–H groups in total. The Morgan fingerprint density at radius 3 is 2.79 bits per heavy atom. The van der Waals surface area contributed by atoms with Crippen molar-refractivity contribution >= 4 is 28.9 Å². The molecule has 0 amide bonds. The molecule has 1 unspecified atom stereocenters. The number of hydrogen-bond donors (Lipinski definition) is 0. The zero-order valence-electron chi connectivity index (χ0n) is 10.4. The quantitative estimate of drug-likeness (QED) is 0.750. The van der Waals surface area contributed by atoms with E-state index >= 15 is 0 Å². The van der Waals surface area contributed by atoms with Crippen LogP contribution in [-0.2, 0) is 11.2 Å². The van der Waals surface area contributed by atoms with Gasteiger partial charge in [-0.25, -0.2) is 4.98 Å². The third-order valence-corrected chi connectivity index (χ3v) is 3.47. The minimum atomic E-state index is -0.249. The summed E-state index contributed by atoms with van der Waals surface area (Å²) in [5.41, 5.74) is 1.75. The van der Waals surface area contributed by atoms with E-state index in [1.807, 2.05) is 42.2 Å². The number of hydrogen-bond acceptors (Lipinski definition) is 4. The van der Waals surface area contributed by atoms with Crippen LogP contribution in [0.3, 0.4) is 0 Å². The molecule has 0 radical (unpaired) electrons. The first-order valence-electron chi connectivity index (χ1n) is 6.05. The van der Waals surface area contributed by atoms with Gasteiger partial charge in [0, 0.05) is 23.9 Å². The number of halogens is 1. The van der Waals surface area contributed by atoms with Gasteiger partial charge in [-0.2, -0.15) is 4.98 Å². The van der Waals surface area contributed by atoms with E-state index in [-0.39, 0.29) is 17.1 Å². The monoisotopic (exact) mass is 273 g/mol. The number of rotatable bonds is 1. The van der Waals surface area contributed by atoms with Gasteiger partial charge in [-0.15, -0.1) is 0 Å². The smallest absolute Gasteiger partial charge is 0.224 e. The molecule has 3 rings (SSSR count). The number of anilines is 2. The second-order valence-corrected chi connectivity index (χ2v) is 4.85. The van der Waals surface area contributed by atoms with Crippen LogP contribution >= 0.6 is 11.6 Å². The fourth-order valence-electron chi connectivity index (χ4n) is 2.31. The molecule has 4 nitrogen and oxygen atoms in total. The van der Waals surface area contributed by atoms with E-state index in [4.69, 9.17) is 11.6 Å². The number of carbonyl (C=O) groups is 1. The summed E-state index contributed by atoms with van der Waals surface area (Å²) >= 11 is 5.88. The number of nitrogens with zero attached hydrogens (tertiary/aromatic N) is 3. The fourth-order valence-corrected chi connectivity index (χ4v) is 2.44. The first-order valence-corrected chi connectivity index (χ1v) is 6.43. The Bertz CT molecular complexity index is 630. The molecule has 0 aliphatic carbocycles. The molecular formula is C14H12ClN3O. The van der Waals surface area contributed by atoms with Crippen LogP contribution in [0.2, 0.25) is 5.28 Å². The molecular weight excluding hydrogens is 262 g/mol. The van der Waals surface area contributed by atoms with Crippen molar-refractivity contribution in [2.24, 2.45) is 0 Å². The van der Waals surface area contributed by atoms with Crippen molar-refractivity contribution in [3.8, 4) is 0 Å². The number of Topliss-reactive ketones (excluding diaryl/α,β-unsaturated/α-hetero) is 1. The lowest BCUT2D eigenvalue weighted by Crippen LogP contribution is -2.41. The summed E-state index contributed by atoms with van der Waals surface area (Å²) in [4.78, 5) is 22.2. The molecule has 0 saturated heterocycles. The van der Waals surface area contributed by atoms with Gasteiger partial charge in [0.05, 0.1) is 6.04 Å². The lowest BCUT2D eigenvalue weighted by Gasteiger charge is -2.34. The molecule has 19 heavy (non-hydrogen) atoms. The van der Waals surface area contributed by atoms with Gasteiger partial charge in [-0.1, -0.05) is 18.2 Å². The predicted octanol–water partition coefficient (Wildman–Crippen LogP) is 2.78. The molecule has 5 heteroatoms. The first kappa shape index (κ1) is 12.1. The van der Waals surface area contributed by atoms with Crippen LogP contribution in [-0.4, -0.2) is 21.8 Å². The molecule has 1 aliphatic rings. The Morgan fingerprint density at radius 1 is 1.32 bits per heavy atom. The van der Waals surface area contributed by atoms with E-state index < -0.39 is 0 Å². The molecule has 2 aromatic rings. The number of para-hydroxylation sites is 1. The highest BCUT2D eigenvalue weighted by Crippen LogP contribution is 2.33. The van der Waals surface area contributed by atoms with Crippen molar-refractivity contribution in [3.05, 3.63) is 47.4 Å². The van der Waals surface area contributed by atoms with Gasteiger partial charge in [0.15, 0.2) is 5.78 Å². The second-order valence-electron chi connectivity index (χ2n) is 4.51. The summed E-state index contributed by atoms with van der Waals surface area (Å²) in [5.74, 6) is 0.876. The average molecular weight is 274 g/mol. The molecule has 96 valence electrons. The van der Waals surface area contributed by atoms with E-state index in [1.165, 1.54) is 0 Å². The van der Waals surface area contributed by atoms with Gasteiger partial charge in [0.25, 0.3) is 0 Å². The van der Waals surface area contributed by atoms with Gasteiger partial charge < -0.3 is 4.90 Å². The maximum atomic E-state index is 12.1. The van der Waals surface area contributed by atoms with E-state index in [0.717, 1.165) is 17.1 Å². The maximum Gasteiger partial charge on any atom is 0.224 e. The summed E-state index contributed by atoms with van der Waals surface area (Å²) in [7, 11) is 0. The minimum Gasteiger partial charge on any atom is -0.316 e. The van der Waals surface area contributed by atoms with Crippen LogP contribution in [0.5, 0.6) is 0 Å². The molecule has 0 spiro atoms. The zero-order chi connectivity index (χ0) is 13.4. The summed E-state index contributed by atoms with van der Waals surface area (Å²) in [6.07, 6.45) is 1.99. The van der Waals surface area contributed by atoms with Gasteiger partial charge in [0.2, 0.25) is 5.28 Å². The zero-order valence-corrected chi connectivity index (χ0v) is 11.1. The Hall–Kier alpha value is -1.94. The summed E-state index contributed by atoms with van der Waals surface area (Å²) in [6, 6.07) is 9.46. The topological polar surface area (TPSA) is 46.1 Å². The highest BCUT2D eigenvalue weighted by molar-refractivity contribution is 6.28. The molecule has 0 bridgehead atoms. The standard InChI is InChI=1S/C14H12ClN3O/c1-9-12(19)7-10-8-16-14(15)17-13(10)18(9)11-5-3-2-4-6-11/h2-6,8-9H,7H2,1H3. The van der Waals surface area contributed by atoms with Gasteiger partial charge in [-0.05, 0) is 30.7 Å². The van der Waals surface area contributed by atoms with Crippen LogP contribution in [0.1, 0.15) is 12.5 Å². The van der Waals surface area contributed by atoms with Crippen molar-refractivity contribution in [2.75, 3.05) is 4.90 Å². The highest BCUT2D eigenvalue weighted by atomic mass is 35.5. The fraction of sp³-hybridized carbons (Fsp3) is 0.214.